The smallest absolute Gasteiger partial charge is 0.259 e. The van der Waals surface area contributed by atoms with Crippen LogP contribution in [0.25, 0.3) is 0 Å². The molecule has 1 fully saturated rings. The highest BCUT2D eigenvalue weighted by molar-refractivity contribution is 6.30. The van der Waals surface area contributed by atoms with Crippen LogP contribution in [0.4, 0.5) is 0 Å². The van der Waals surface area contributed by atoms with Crippen LogP contribution in [-0.2, 0) is 7.05 Å². The van der Waals surface area contributed by atoms with E-state index in [-0.39, 0.29) is 11.9 Å². The Balaban J connectivity index is 1.95. The molecule has 2 aromatic heterocycles. The van der Waals surface area contributed by atoms with Gasteiger partial charge in [-0.2, -0.15) is 5.10 Å². The van der Waals surface area contributed by atoms with Gasteiger partial charge in [0.15, 0.2) is 0 Å². The molecule has 0 aliphatic carbocycles. The molecule has 1 atom stereocenters. The number of likely N-dealkylation sites (tertiary alicyclic amines) is 1. The summed E-state index contributed by atoms with van der Waals surface area (Å²) >= 11 is 6.42. The molecule has 3 rings (SSSR count). The lowest BCUT2D eigenvalue weighted by Gasteiger charge is -2.25. The second-order valence-corrected chi connectivity index (χ2v) is 6.22. The fraction of sp³-hybridized carbons (Fsp3) is 0.471. The molecular formula is C17H21ClN4O2. The summed E-state index contributed by atoms with van der Waals surface area (Å²) in [5.41, 5.74) is 2.29. The van der Waals surface area contributed by atoms with Crippen molar-refractivity contribution in [2.24, 2.45) is 7.05 Å². The Hall–Kier alpha value is -2.08. The first kappa shape index (κ1) is 16.8. The van der Waals surface area contributed by atoms with Gasteiger partial charge in [-0.1, -0.05) is 11.6 Å². The molecule has 6 nitrogen and oxygen atoms in total. The third-order valence-electron chi connectivity index (χ3n) is 4.33. The normalized spacial score (nSPS) is 17.3. The number of carbonyl (C=O) groups excluding carboxylic acids is 1. The van der Waals surface area contributed by atoms with Crippen molar-refractivity contribution in [3.63, 3.8) is 0 Å². The summed E-state index contributed by atoms with van der Waals surface area (Å²) in [4.78, 5) is 19.1. The molecule has 1 aliphatic heterocycles. The predicted molar refractivity (Wildman–Crippen MR) is 91.4 cm³/mol. The Morgan fingerprint density at radius 1 is 1.50 bits per heavy atom. The Morgan fingerprint density at radius 2 is 2.29 bits per heavy atom. The number of aromatic nitrogens is 3. The van der Waals surface area contributed by atoms with Crippen molar-refractivity contribution in [1.29, 1.82) is 0 Å². The lowest BCUT2D eigenvalue weighted by Crippen LogP contribution is -2.31. The van der Waals surface area contributed by atoms with Gasteiger partial charge in [0.25, 0.3) is 5.91 Å². The fourth-order valence-corrected chi connectivity index (χ4v) is 3.60. The first-order valence-corrected chi connectivity index (χ1v) is 8.50. The zero-order chi connectivity index (χ0) is 17.3. The molecule has 1 amide bonds. The maximum atomic E-state index is 13.1. The summed E-state index contributed by atoms with van der Waals surface area (Å²) < 4.78 is 7.16. The second-order valence-electron chi connectivity index (χ2n) is 5.86. The van der Waals surface area contributed by atoms with Crippen LogP contribution in [0.15, 0.2) is 18.3 Å². The van der Waals surface area contributed by atoms with E-state index >= 15 is 0 Å². The van der Waals surface area contributed by atoms with E-state index in [4.69, 9.17) is 16.3 Å². The number of nitrogens with zero attached hydrogens (tertiary/aromatic N) is 4. The zero-order valence-corrected chi connectivity index (χ0v) is 14.9. The average molecular weight is 349 g/mol. The summed E-state index contributed by atoms with van der Waals surface area (Å²) in [6.07, 6.45) is 3.44. The van der Waals surface area contributed by atoms with Crippen LogP contribution < -0.4 is 4.74 Å². The van der Waals surface area contributed by atoms with Crippen LogP contribution >= 0.6 is 11.6 Å². The lowest BCUT2D eigenvalue weighted by molar-refractivity contribution is 0.0730. The van der Waals surface area contributed by atoms with Crippen LogP contribution in [0.1, 0.15) is 47.4 Å². The van der Waals surface area contributed by atoms with Crippen LogP contribution in [0.5, 0.6) is 5.88 Å². The van der Waals surface area contributed by atoms with Crippen LogP contribution in [0.2, 0.25) is 5.15 Å². The molecule has 24 heavy (non-hydrogen) atoms. The molecule has 0 bridgehead atoms. The third kappa shape index (κ3) is 2.86. The van der Waals surface area contributed by atoms with Gasteiger partial charge < -0.3 is 9.64 Å². The minimum Gasteiger partial charge on any atom is -0.477 e. The first-order valence-electron chi connectivity index (χ1n) is 8.12. The van der Waals surface area contributed by atoms with Crippen molar-refractivity contribution >= 4 is 17.5 Å². The number of rotatable bonds is 4. The molecule has 0 spiro atoms. The lowest BCUT2D eigenvalue weighted by atomic mass is 10.1. The van der Waals surface area contributed by atoms with E-state index in [0.29, 0.717) is 29.7 Å². The number of ether oxygens (including phenoxy) is 1. The van der Waals surface area contributed by atoms with Crippen molar-refractivity contribution in [2.75, 3.05) is 13.2 Å². The molecule has 128 valence electrons. The SMILES string of the molecule is CCOc1ncccc1C(=O)N1CCC[C@@H]1c1c(C)nn(C)c1Cl. The number of hydrogen-bond acceptors (Lipinski definition) is 4. The predicted octanol–water partition coefficient (Wildman–Crippen LogP) is 3.15. The van der Waals surface area contributed by atoms with Crippen molar-refractivity contribution in [3.8, 4) is 5.88 Å². The van der Waals surface area contributed by atoms with E-state index < -0.39 is 0 Å². The number of aryl methyl sites for hydroxylation is 2. The minimum atomic E-state index is -0.0756. The summed E-state index contributed by atoms with van der Waals surface area (Å²) in [6.45, 7) is 4.96. The molecule has 0 N–H and O–H groups in total. The molecule has 0 saturated carbocycles. The number of halogens is 1. The van der Waals surface area contributed by atoms with Gasteiger partial charge >= 0.3 is 0 Å². The number of hydrogen-bond donors (Lipinski definition) is 0. The molecule has 0 unspecified atom stereocenters. The third-order valence-corrected chi connectivity index (χ3v) is 4.77. The molecular weight excluding hydrogens is 328 g/mol. The number of pyridine rings is 1. The van der Waals surface area contributed by atoms with Gasteiger partial charge in [-0.05, 0) is 38.8 Å². The molecule has 0 aromatic carbocycles. The van der Waals surface area contributed by atoms with Gasteiger partial charge in [-0.3, -0.25) is 9.48 Å². The van der Waals surface area contributed by atoms with Crippen LogP contribution in [0.3, 0.4) is 0 Å². The number of amides is 1. The molecule has 3 heterocycles. The molecule has 1 saturated heterocycles. The number of carbonyl (C=O) groups is 1. The Morgan fingerprint density at radius 3 is 2.96 bits per heavy atom. The minimum absolute atomic E-state index is 0.0617. The van der Waals surface area contributed by atoms with Crippen molar-refractivity contribution in [1.82, 2.24) is 19.7 Å². The van der Waals surface area contributed by atoms with Gasteiger partial charge in [0.2, 0.25) is 5.88 Å². The largest absolute Gasteiger partial charge is 0.477 e. The van der Waals surface area contributed by atoms with Gasteiger partial charge in [0.1, 0.15) is 10.7 Å². The highest BCUT2D eigenvalue weighted by Crippen LogP contribution is 2.38. The quantitative estimate of drug-likeness (QED) is 0.851. The fourth-order valence-electron chi connectivity index (χ4n) is 3.29. The Labute approximate surface area is 146 Å². The van der Waals surface area contributed by atoms with Crippen LogP contribution in [0, 0.1) is 6.92 Å². The molecule has 1 aliphatic rings. The van der Waals surface area contributed by atoms with E-state index in [1.807, 2.05) is 25.8 Å². The highest BCUT2D eigenvalue weighted by atomic mass is 35.5. The Kier molecular flexibility index (Phi) is 4.76. The van der Waals surface area contributed by atoms with Gasteiger partial charge in [-0.15, -0.1) is 0 Å². The monoisotopic (exact) mass is 348 g/mol. The highest BCUT2D eigenvalue weighted by Gasteiger charge is 2.35. The molecule has 2 aromatic rings. The topological polar surface area (TPSA) is 60.2 Å². The molecule has 7 heteroatoms. The van der Waals surface area contributed by atoms with E-state index in [0.717, 1.165) is 24.1 Å². The van der Waals surface area contributed by atoms with E-state index in [1.165, 1.54) is 0 Å². The van der Waals surface area contributed by atoms with Crippen molar-refractivity contribution in [2.45, 2.75) is 32.7 Å². The summed E-state index contributed by atoms with van der Waals surface area (Å²) in [5, 5.41) is 4.97. The maximum Gasteiger partial charge on any atom is 0.259 e. The van der Waals surface area contributed by atoms with Crippen LogP contribution in [-0.4, -0.2) is 38.7 Å². The maximum absolute atomic E-state index is 13.1. The van der Waals surface area contributed by atoms with Gasteiger partial charge in [0, 0.05) is 25.4 Å². The van der Waals surface area contributed by atoms with E-state index in [9.17, 15) is 4.79 Å². The summed E-state index contributed by atoms with van der Waals surface area (Å²) in [6, 6.07) is 3.45. The standard InChI is InChI=1S/C17H21ClN4O2/c1-4-24-16-12(7-5-9-19-16)17(23)22-10-6-8-13(22)14-11(2)20-21(3)15(14)18/h5,7,9,13H,4,6,8,10H2,1-3H3/t13-/m1/s1. The first-order chi connectivity index (χ1) is 11.5. The second kappa shape index (κ2) is 6.81. The van der Waals surface area contributed by atoms with E-state index in [2.05, 4.69) is 10.1 Å². The summed E-state index contributed by atoms with van der Waals surface area (Å²) in [5.74, 6) is 0.304. The summed E-state index contributed by atoms with van der Waals surface area (Å²) in [7, 11) is 1.81. The molecule has 0 radical (unpaired) electrons. The van der Waals surface area contributed by atoms with Crippen molar-refractivity contribution in [3.05, 3.63) is 40.3 Å². The Bertz CT molecular complexity index is 759. The van der Waals surface area contributed by atoms with E-state index in [1.54, 1.807) is 23.0 Å². The van der Waals surface area contributed by atoms with Crippen molar-refractivity contribution < 1.29 is 9.53 Å². The average Bonchev–Trinajstić information content (AvgIpc) is 3.12. The zero-order valence-electron chi connectivity index (χ0n) is 14.1. The van der Waals surface area contributed by atoms with Gasteiger partial charge in [0.05, 0.1) is 18.3 Å². The van der Waals surface area contributed by atoms with Gasteiger partial charge in [-0.25, -0.2) is 4.98 Å².